The van der Waals surface area contributed by atoms with E-state index in [2.05, 4.69) is 4.99 Å². The maximum Gasteiger partial charge on any atom is 0.242 e. The lowest BCUT2D eigenvalue weighted by molar-refractivity contribution is -0.115. The monoisotopic (exact) mass is 126 g/mol. The summed E-state index contributed by atoms with van der Waals surface area (Å²) in [5.74, 6) is -0.252. The van der Waals surface area contributed by atoms with E-state index >= 15 is 0 Å². The molecule has 3 heteroatoms. The first-order valence-corrected chi connectivity index (χ1v) is 2.72. The van der Waals surface area contributed by atoms with E-state index in [4.69, 9.17) is 5.41 Å². The topological polar surface area (TPSA) is 53.3 Å². The van der Waals surface area contributed by atoms with Crippen molar-refractivity contribution in [3.63, 3.8) is 0 Å². The van der Waals surface area contributed by atoms with Crippen LogP contribution in [-0.2, 0) is 4.79 Å². The fraction of sp³-hybridized carbons (Fsp3) is 0.500. The third-order valence-electron chi connectivity index (χ3n) is 0.754. The third kappa shape index (κ3) is 4.87. The summed E-state index contributed by atoms with van der Waals surface area (Å²) < 4.78 is 0. The number of hydrogen-bond donors (Lipinski definition) is 1. The zero-order valence-electron chi connectivity index (χ0n) is 5.59. The van der Waals surface area contributed by atoms with Crippen LogP contribution in [0.25, 0.3) is 0 Å². The number of nitrogens with zero attached hydrogens (tertiary/aromatic N) is 1. The van der Waals surface area contributed by atoms with Gasteiger partial charge >= 0.3 is 0 Å². The smallest absolute Gasteiger partial charge is 0.242 e. The van der Waals surface area contributed by atoms with Gasteiger partial charge in [0, 0.05) is 25.3 Å². The van der Waals surface area contributed by atoms with E-state index < -0.39 is 0 Å². The highest BCUT2D eigenvalue weighted by atomic mass is 16.1. The van der Waals surface area contributed by atoms with Crippen LogP contribution in [0.5, 0.6) is 0 Å². The fourth-order valence-corrected chi connectivity index (χ4v) is 0.266. The second-order valence-electron chi connectivity index (χ2n) is 1.82. The third-order valence-corrected chi connectivity index (χ3v) is 0.754. The molecule has 0 heterocycles. The van der Waals surface area contributed by atoms with Crippen molar-refractivity contribution in [3.05, 3.63) is 0 Å². The highest BCUT2D eigenvalue weighted by Gasteiger charge is 1.89. The van der Waals surface area contributed by atoms with Crippen molar-refractivity contribution < 1.29 is 4.79 Å². The largest absolute Gasteiger partial charge is 0.312 e. The lowest BCUT2D eigenvalue weighted by atomic mass is 10.2. The summed E-state index contributed by atoms with van der Waals surface area (Å²) in [6.07, 6.45) is 2.68. The number of aliphatic imine (C=N–C) groups is 1. The van der Waals surface area contributed by atoms with Crippen LogP contribution in [0.3, 0.4) is 0 Å². The molecule has 0 saturated carbocycles. The number of amides is 1. The van der Waals surface area contributed by atoms with Gasteiger partial charge in [0.05, 0.1) is 0 Å². The molecular formula is C6H10N2O. The first-order chi connectivity index (χ1) is 4.16. The minimum Gasteiger partial charge on any atom is -0.312 e. The molecule has 0 aromatic rings. The van der Waals surface area contributed by atoms with Gasteiger partial charge in [0.2, 0.25) is 5.91 Å². The quantitative estimate of drug-likeness (QED) is 0.549. The fourth-order valence-electron chi connectivity index (χ4n) is 0.266. The van der Waals surface area contributed by atoms with Crippen LogP contribution in [0.15, 0.2) is 4.99 Å². The van der Waals surface area contributed by atoms with Crippen LogP contribution in [0, 0.1) is 11.3 Å². The van der Waals surface area contributed by atoms with E-state index in [9.17, 15) is 4.79 Å². The van der Waals surface area contributed by atoms with Crippen molar-refractivity contribution in [1.82, 2.24) is 0 Å². The Hall–Kier alpha value is -0.990. The van der Waals surface area contributed by atoms with Crippen LogP contribution in [-0.4, -0.2) is 18.3 Å². The van der Waals surface area contributed by atoms with Crippen LogP contribution >= 0.6 is 0 Å². The Morgan fingerprint density at radius 1 is 1.78 bits per heavy atom. The lowest BCUT2D eigenvalue weighted by Gasteiger charge is -1.89. The summed E-state index contributed by atoms with van der Waals surface area (Å²) in [4.78, 5) is 13.7. The van der Waals surface area contributed by atoms with E-state index in [1.807, 2.05) is 0 Å². The highest BCUT2D eigenvalue weighted by Crippen LogP contribution is 1.82. The number of carbonyl (C=O) groups is 1. The second kappa shape index (κ2) is 3.95. The Labute approximate surface area is 54.3 Å². The molecule has 0 aliphatic heterocycles. The van der Waals surface area contributed by atoms with E-state index in [1.165, 1.54) is 19.4 Å². The summed E-state index contributed by atoms with van der Waals surface area (Å²) in [5, 5.41) is 6.73. The Kier molecular flexibility index (Phi) is 3.51. The maximum atomic E-state index is 10.2. The first-order valence-electron chi connectivity index (χ1n) is 2.72. The van der Waals surface area contributed by atoms with Gasteiger partial charge in [-0.25, -0.2) is 4.99 Å². The van der Waals surface area contributed by atoms with E-state index in [0.29, 0.717) is 0 Å². The summed E-state index contributed by atoms with van der Waals surface area (Å²) in [6, 6.07) is 0. The zero-order valence-corrected chi connectivity index (χ0v) is 5.59. The van der Waals surface area contributed by atoms with E-state index in [-0.39, 0.29) is 11.8 Å². The van der Waals surface area contributed by atoms with Crippen molar-refractivity contribution in [1.29, 1.82) is 5.41 Å². The Morgan fingerprint density at radius 2 is 2.33 bits per heavy atom. The van der Waals surface area contributed by atoms with Gasteiger partial charge in [-0.05, 0) is 0 Å². The van der Waals surface area contributed by atoms with Crippen molar-refractivity contribution >= 4 is 18.3 Å². The summed E-state index contributed by atoms with van der Waals surface area (Å²) in [6.45, 7) is 3.17. The average molecular weight is 126 g/mol. The molecule has 0 bridgehead atoms. The standard InChI is InChI=1S/C6H10N2O/c1-5(3-7)4-8-6(2)9/h3-5,7H,1-2H3. The van der Waals surface area contributed by atoms with Gasteiger partial charge in [-0.3, -0.25) is 4.79 Å². The Morgan fingerprint density at radius 3 is 2.67 bits per heavy atom. The molecule has 1 atom stereocenters. The zero-order chi connectivity index (χ0) is 7.28. The molecular weight excluding hydrogens is 116 g/mol. The second-order valence-corrected chi connectivity index (χ2v) is 1.82. The van der Waals surface area contributed by atoms with Gasteiger partial charge in [-0.2, -0.15) is 0 Å². The van der Waals surface area contributed by atoms with Gasteiger partial charge in [0.25, 0.3) is 0 Å². The van der Waals surface area contributed by atoms with Gasteiger partial charge in [0.15, 0.2) is 0 Å². The predicted octanol–water partition coefficient (Wildman–Crippen LogP) is 0.889. The molecule has 3 nitrogen and oxygen atoms in total. The molecule has 0 saturated heterocycles. The molecule has 1 unspecified atom stereocenters. The minimum atomic E-state index is -0.219. The van der Waals surface area contributed by atoms with Gasteiger partial charge in [-0.1, -0.05) is 6.92 Å². The molecule has 0 spiro atoms. The predicted molar refractivity (Wildman–Crippen MR) is 37.1 cm³/mol. The van der Waals surface area contributed by atoms with Crippen LogP contribution in [0.4, 0.5) is 0 Å². The Balaban J connectivity index is 3.69. The minimum absolute atomic E-state index is 0.0334. The number of rotatable bonds is 2. The molecule has 1 amide bonds. The maximum absolute atomic E-state index is 10.2. The highest BCUT2D eigenvalue weighted by molar-refractivity contribution is 5.89. The Bertz CT molecular complexity index is 140. The van der Waals surface area contributed by atoms with Gasteiger partial charge in [0.1, 0.15) is 0 Å². The van der Waals surface area contributed by atoms with Gasteiger partial charge < -0.3 is 5.41 Å². The van der Waals surface area contributed by atoms with E-state index in [1.54, 1.807) is 6.92 Å². The average Bonchev–Trinajstić information content (AvgIpc) is 1.83. The van der Waals surface area contributed by atoms with Crippen molar-refractivity contribution in [3.8, 4) is 0 Å². The van der Waals surface area contributed by atoms with Crippen molar-refractivity contribution in [2.75, 3.05) is 0 Å². The van der Waals surface area contributed by atoms with E-state index in [0.717, 1.165) is 0 Å². The summed E-state index contributed by atoms with van der Waals surface area (Å²) >= 11 is 0. The lowest BCUT2D eigenvalue weighted by Crippen LogP contribution is -1.97. The van der Waals surface area contributed by atoms with Crippen LogP contribution in [0.1, 0.15) is 13.8 Å². The van der Waals surface area contributed by atoms with Crippen molar-refractivity contribution in [2.45, 2.75) is 13.8 Å². The SMILES string of the molecule is CC(=O)N=CC(C)C=N. The number of carbonyl (C=O) groups excluding carboxylic acids is 1. The van der Waals surface area contributed by atoms with Crippen molar-refractivity contribution in [2.24, 2.45) is 10.9 Å². The molecule has 0 aliphatic rings. The number of nitrogens with one attached hydrogen (secondary N) is 1. The van der Waals surface area contributed by atoms with Gasteiger partial charge in [-0.15, -0.1) is 0 Å². The molecule has 0 fully saturated rings. The molecule has 0 aromatic carbocycles. The molecule has 50 valence electrons. The normalized spacial score (nSPS) is 13.6. The van der Waals surface area contributed by atoms with Crippen LogP contribution < -0.4 is 0 Å². The number of hydrogen-bond acceptors (Lipinski definition) is 2. The molecule has 0 aliphatic carbocycles. The summed E-state index contributed by atoms with van der Waals surface area (Å²) in [7, 11) is 0. The summed E-state index contributed by atoms with van der Waals surface area (Å²) in [5.41, 5.74) is 0. The molecule has 0 radical (unpaired) electrons. The molecule has 0 rings (SSSR count). The van der Waals surface area contributed by atoms with Crippen LogP contribution in [0.2, 0.25) is 0 Å². The first kappa shape index (κ1) is 8.01. The molecule has 1 N–H and O–H groups in total. The molecule has 9 heavy (non-hydrogen) atoms. The molecule has 0 aromatic heterocycles.